The number of amides is 2. The maximum Gasteiger partial charge on any atom is 0.416 e. The van der Waals surface area contributed by atoms with Crippen molar-refractivity contribution in [3.05, 3.63) is 71.6 Å². The van der Waals surface area contributed by atoms with E-state index in [9.17, 15) is 22.8 Å². The van der Waals surface area contributed by atoms with Crippen molar-refractivity contribution in [2.45, 2.75) is 12.6 Å². The molecular weight excluding hydrogens is 385 g/mol. The normalized spacial score (nSPS) is 11.7. The second-order valence-electron chi connectivity index (χ2n) is 6.25. The average Bonchev–Trinajstić information content (AvgIpc) is 3.00. The quantitative estimate of drug-likeness (QED) is 0.520. The maximum absolute atomic E-state index is 12.7. The van der Waals surface area contributed by atoms with Gasteiger partial charge in [-0.05, 0) is 35.9 Å². The van der Waals surface area contributed by atoms with Crippen molar-refractivity contribution in [2.75, 3.05) is 0 Å². The molecule has 2 N–H and O–H groups in total. The van der Waals surface area contributed by atoms with Crippen molar-refractivity contribution < 1.29 is 22.8 Å². The van der Waals surface area contributed by atoms with Gasteiger partial charge in [-0.15, -0.1) is 0 Å². The van der Waals surface area contributed by atoms with Crippen LogP contribution in [-0.4, -0.2) is 21.4 Å². The summed E-state index contributed by atoms with van der Waals surface area (Å²) in [5.41, 5.74) is 5.47. The van der Waals surface area contributed by atoms with E-state index in [0.717, 1.165) is 29.2 Å². The van der Waals surface area contributed by atoms with Crippen LogP contribution in [0.5, 0.6) is 0 Å². The van der Waals surface area contributed by atoms with Gasteiger partial charge in [0.15, 0.2) is 0 Å². The lowest BCUT2D eigenvalue weighted by molar-refractivity contribution is -0.137. The molecule has 2 aromatic carbocycles. The topological polar surface area (TPSA) is 76.0 Å². The summed E-state index contributed by atoms with van der Waals surface area (Å²) in [7, 11) is 1.79. The van der Waals surface area contributed by atoms with Crippen molar-refractivity contribution in [2.24, 2.45) is 7.05 Å². The number of imidazole rings is 1. The van der Waals surface area contributed by atoms with E-state index in [1.54, 1.807) is 11.6 Å². The standard InChI is InChI=1S/C20H17F3N4O2/c1-27-16-8-3-2-7-15(16)24-17(27)12-19(29)26-25-18(28)10-9-13-5-4-6-14(11-13)20(21,22)23/h2-11H,12H2,1H3,(H,25,28)(H,26,29). The monoisotopic (exact) mass is 402 g/mol. The zero-order chi connectivity index (χ0) is 21.0. The third-order valence-corrected chi connectivity index (χ3v) is 4.16. The molecule has 0 radical (unpaired) electrons. The van der Waals surface area contributed by atoms with E-state index < -0.39 is 23.6 Å². The number of nitrogens with one attached hydrogen (secondary N) is 2. The SMILES string of the molecule is Cn1c(CC(=O)NNC(=O)C=Cc2cccc(C(F)(F)F)c2)nc2ccccc21. The molecule has 0 bridgehead atoms. The van der Waals surface area contributed by atoms with E-state index in [-0.39, 0.29) is 12.0 Å². The molecule has 0 aliphatic heterocycles. The highest BCUT2D eigenvalue weighted by molar-refractivity contribution is 5.93. The number of hydrogen-bond acceptors (Lipinski definition) is 3. The Morgan fingerprint density at radius 2 is 1.86 bits per heavy atom. The number of fused-ring (bicyclic) bond motifs is 1. The van der Waals surface area contributed by atoms with Gasteiger partial charge in [-0.3, -0.25) is 20.4 Å². The molecule has 29 heavy (non-hydrogen) atoms. The van der Waals surface area contributed by atoms with Crippen LogP contribution in [0.1, 0.15) is 17.0 Å². The number of alkyl halides is 3. The molecule has 0 unspecified atom stereocenters. The number of aryl methyl sites for hydroxylation is 1. The van der Waals surface area contributed by atoms with Gasteiger partial charge in [0.25, 0.3) is 5.91 Å². The highest BCUT2D eigenvalue weighted by Gasteiger charge is 2.30. The van der Waals surface area contributed by atoms with Crippen LogP contribution in [0.3, 0.4) is 0 Å². The summed E-state index contributed by atoms with van der Waals surface area (Å²) >= 11 is 0. The Balaban J connectivity index is 1.55. The van der Waals surface area contributed by atoms with E-state index >= 15 is 0 Å². The molecule has 3 rings (SSSR count). The molecule has 0 atom stereocenters. The van der Waals surface area contributed by atoms with Crippen LogP contribution in [0.15, 0.2) is 54.6 Å². The van der Waals surface area contributed by atoms with Crippen LogP contribution in [0, 0.1) is 0 Å². The van der Waals surface area contributed by atoms with Gasteiger partial charge >= 0.3 is 6.18 Å². The fourth-order valence-electron chi connectivity index (χ4n) is 2.70. The molecule has 0 saturated heterocycles. The zero-order valence-corrected chi connectivity index (χ0v) is 15.3. The first-order valence-electron chi connectivity index (χ1n) is 8.58. The van der Waals surface area contributed by atoms with E-state index in [4.69, 9.17) is 0 Å². The molecule has 6 nitrogen and oxygen atoms in total. The number of para-hydroxylation sites is 2. The first kappa shape index (κ1) is 20.1. The van der Waals surface area contributed by atoms with Gasteiger partial charge in [-0.25, -0.2) is 4.98 Å². The second-order valence-corrected chi connectivity index (χ2v) is 6.25. The summed E-state index contributed by atoms with van der Waals surface area (Å²) < 4.78 is 39.9. The van der Waals surface area contributed by atoms with E-state index in [1.807, 2.05) is 24.3 Å². The molecular formula is C20H17F3N4O2. The zero-order valence-electron chi connectivity index (χ0n) is 15.3. The van der Waals surface area contributed by atoms with Crippen molar-refractivity contribution in [1.29, 1.82) is 0 Å². The molecule has 1 aromatic heterocycles. The van der Waals surface area contributed by atoms with Gasteiger partial charge in [-0.1, -0.05) is 24.3 Å². The number of nitrogens with zero attached hydrogens (tertiary/aromatic N) is 2. The molecule has 9 heteroatoms. The van der Waals surface area contributed by atoms with Crippen LogP contribution < -0.4 is 10.9 Å². The van der Waals surface area contributed by atoms with Gasteiger partial charge in [0, 0.05) is 13.1 Å². The van der Waals surface area contributed by atoms with E-state index in [0.29, 0.717) is 5.82 Å². The number of carbonyl (C=O) groups is 2. The number of benzene rings is 2. The highest BCUT2D eigenvalue weighted by Crippen LogP contribution is 2.29. The average molecular weight is 402 g/mol. The van der Waals surface area contributed by atoms with Gasteiger partial charge in [0.05, 0.1) is 23.0 Å². The third-order valence-electron chi connectivity index (χ3n) is 4.16. The Hall–Kier alpha value is -3.62. The number of hydrogen-bond donors (Lipinski definition) is 2. The van der Waals surface area contributed by atoms with Gasteiger partial charge in [0.1, 0.15) is 5.82 Å². The smallest absolute Gasteiger partial charge is 0.331 e. The van der Waals surface area contributed by atoms with Crippen LogP contribution in [0.4, 0.5) is 13.2 Å². The molecule has 0 aliphatic carbocycles. The summed E-state index contributed by atoms with van der Waals surface area (Å²) in [6.45, 7) is 0. The molecule has 1 heterocycles. The molecule has 3 aromatic rings. The Kier molecular flexibility index (Phi) is 5.67. The lowest BCUT2D eigenvalue weighted by Crippen LogP contribution is -2.41. The van der Waals surface area contributed by atoms with Gasteiger partial charge in [-0.2, -0.15) is 13.2 Å². The minimum Gasteiger partial charge on any atom is -0.331 e. The summed E-state index contributed by atoms with van der Waals surface area (Å²) in [5, 5.41) is 0. The molecule has 0 spiro atoms. The van der Waals surface area contributed by atoms with Crippen molar-refractivity contribution in [1.82, 2.24) is 20.4 Å². The van der Waals surface area contributed by atoms with Crippen LogP contribution in [-0.2, 0) is 29.2 Å². The van der Waals surface area contributed by atoms with Crippen molar-refractivity contribution in [3.63, 3.8) is 0 Å². The Morgan fingerprint density at radius 1 is 1.10 bits per heavy atom. The Labute approximate surface area is 164 Å². The van der Waals surface area contributed by atoms with Crippen LogP contribution in [0.25, 0.3) is 17.1 Å². The Bertz CT molecular complexity index is 1090. The largest absolute Gasteiger partial charge is 0.416 e. The summed E-state index contributed by atoms with van der Waals surface area (Å²) in [5.74, 6) is -0.637. The number of aromatic nitrogens is 2. The third kappa shape index (κ3) is 5.01. The predicted molar refractivity (Wildman–Crippen MR) is 101 cm³/mol. The lowest BCUT2D eigenvalue weighted by atomic mass is 10.1. The lowest BCUT2D eigenvalue weighted by Gasteiger charge is -2.07. The molecule has 0 fully saturated rings. The van der Waals surface area contributed by atoms with Crippen LogP contribution in [0.2, 0.25) is 0 Å². The minimum absolute atomic E-state index is 0.0528. The molecule has 150 valence electrons. The predicted octanol–water partition coefficient (Wildman–Crippen LogP) is 3.00. The van der Waals surface area contributed by atoms with E-state index in [1.165, 1.54) is 18.2 Å². The van der Waals surface area contributed by atoms with Crippen LogP contribution >= 0.6 is 0 Å². The second kappa shape index (κ2) is 8.17. The van der Waals surface area contributed by atoms with Crippen molar-refractivity contribution in [3.8, 4) is 0 Å². The Morgan fingerprint density at radius 3 is 2.59 bits per heavy atom. The van der Waals surface area contributed by atoms with E-state index in [2.05, 4.69) is 15.8 Å². The number of halogens is 3. The fraction of sp³-hybridized carbons (Fsp3) is 0.150. The van der Waals surface area contributed by atoms with Gasteiger partial charge < -0.3 is 4.57 Å². The van der Waals surface area contributed by atoms with Crippen molar-refractivity contribution >= 4 is 28.9 Å². The molecule has 2 amide bonds. The number of hydrazine groups is 1. The maximum atomic E-state index is 12.7. The highest BCUT2D eigenvalue weighted by atomic mass is 19.4. The fourth-order valence-corrected chi connectivity index (χ4v) is 2.70. The first-order chi connectivity index (χ1) is 13.7. The number of rotatable bonds is 4. The van der Waals surface area contributed by atoms with Gasteiger partial charge in [0.2, 0.25) is 5.91 Å². The summed E-state index contributed by atoms with van der Waals surface area (Å²) in [6, 6.07) is 12.0. The summed E-state index contributed by atoms with van der Waals surface area (Å²) in [6.07, 6.45) is -2.26. The number of carbonyl (C=O) groups excluding carboxylic acids is 2. The minimum atomic E-state index is -4.46. The molecule has 0 aliphatic rings. The first-order valence-corrected chi connectivity index (χ1v) is 8.58. The summed E-state index contributed by atoms with van der Waals surface area (Å²) in [4.78, 5) is 28.2. The molecule has 0 saturated carbocycles.